The van der Waals surface area contributed by atoms with Crippen LogP contribution in [0.5, 0.6) is 5.75 Å². The highest BCUT2D eigenvalue weighted by molar-refractivity contribution is 5.77. The Morgan fingerprint density at radius 1 is 1.23 bits per heavy atom. The summed E-state index contributed by atoms with van der Waals surface area (Å²) in [5.41, 5.74) is 0.604. The molecule has 0 aliphatic heterocycles. The first-order valence-corrected chi connectivity index (χ1v) is 6.11. The van der Waals surface area contributed by atoms with E-state index in [1.807, 2.05) is 0 Å². The lowest BCUT2D eigenvalue weighted by Gasteiger charge is -2.09. The molecule has 22 heavy (non-hydrogen) atoms. The van der Waals surface area contributed by atoms with Gasteiger partial charge in [0, 0.05) is 6.54 Å². The summed E-state index contributed by atoms with van der Waals surface area (Å²) in [5, 5.41) is 10.9. The summed E-state index contributed by atoms with van der Waals surface area (Å²) in [5.74, 6) is -1.51. The maximum atomic E-state index is 11.8. The van der Waals surface area contributed by atoms with Gasteiger partial charge in [-0.15, -0.1) is 0 Å². The minimum absolute atomic E-state index is 0.0541. The molecular weight excluding hydrogens is 307 g/mol. The fraction of sp³-hybridized carbons (Fsp3) is 0.385. The second-order valence-corrected chi connectivity index (χ2v) is 4.21. The summed E-state index contributed by atoms with van der Waals surface area (Å²) < 4.78 is 44.6. The molecule has 0 bridgehead atoms. The fourth-order valence-corrected chi connectivity index (χ4v) is 1.40. The third-order valence-corrected chi connectivity index (χ3v) is 2.25. The van der Waals surface area contributed by atoms with Gasteiger partial charge in [-0.05, 0) is 17.7 Å². The van der Waals surface area contributed by atoms with Crippen molar-refractivity contribution >= 4 is 11.9 Å². The number of alkyl halides is 3. The molecule has 2 N–H and O–H groups in total. The smallest absolute Gasteiger partial charge is 0.411 e. The number of halogens is 3. The molecule has 1 aromatic rings. The van der Waals surface area contributed by atoms with Crippen LogP contribution in [0, 0.1) is 0 Å². The van der Waals surface area contributed by atoms with Crippen LogP contribution >= 0.6 is 0 Å². The van der Waals surface area contributed by atoms with Gasteiger partial charge in [-0.3, -0.25) is 4.79 Å². The van der Waals surface area contributed by atoms with E-state index >= 15 is 0 Å². The van der Waals surface area contributed by atoms with Gasteiger partial charge in [0.25, 0.3) is 0 Å². The SMILES string of the molecule is O=C(O)COc1cccc(CNC(=O)COCC(F)(F)F)c1. The molecule has 0 aromatic heterocycles. The number of nitrogens with one attached hydrogen (secondary N) is 1. The molecule has 1 amide bonds. The van der Waals surface area contributed by atoms with Crippen molar-refractivity contribution in [3.8, 4) is 5.75 Å². The van der Waals surface area contributed by atoms with Gasteiger partial charge in [0.2, 0.25) is 5.91 Å². The average molecular weight is 321 g/mol. The lowest BCUT2D eigenvalue weighted by molar-refractivity contribution is -0.175. The van der Waals surface area contributed by atoms with E-state index in [0.717, 1.165) is 0 Å². The Balaban J connectivity index is 2.36. The summed E-state index contributed by atoms with van der Waals surface area (Å²) >= 11 is 0. The van der Waals surface area contributed by atoms with Crippen molar-refractivity contribution in [1.29, 1.82) is 0 Å². The molecule has 0 spiro atoms. The standard InChI is InChI=1S/C13H14F3NO5/c14-13(15,16)8-21-6-11(18)17-5-9-2-1-3-10(4-9)22-7-12(19)20/h1-4H,5-8H2,(H,17,18)(H,19,20). The Morgan fingerprint density at radius 3 is 2.59 bits per heavy atom. The van der Waals surface area contributed by atoms with Crippen LogP contribution in [0.3, 0.4) is 0 Å². The van der Waals surface area contributed by atoms with Crippen molar-refractivity contribution in [2.75, 3.05) is 19.8 Å². The van der Waals surface area contributed by atoms with E-state index in [2.05, 4.69) is 10.1 Å². The van der Waals surface area contributed by atoms with Crippen LogP contribution in [0.1, 0.15) is 5.56 Å². The van der Waals surface area contributed by atoms with Gasteiger partial charge in [0.15, 0.2) is 6.61 Å². The summed E-state index contributed by atoms with van der Waals surface area (Å²) in [6.45, 7) is -2.63. The van der Waals surface area contributed by atoms with Crippen LogP contribution in [0.25, 0.3) is 0 Å². The summed E-state index contributed by atoms with van der Waals surface area (Å²) in [7, 11) is 0. The predicted octanol–water partition coefficient (Wildman–Crippen LogP) is 1.35. The zero-order valence-electron chi connectivity index (χ0n) is 11.4. The van der Waals surface area contributed by atoms with E-state index in [-0.39, 0.29) is 6.54 Å². The van der Waals surface area contributed by atoms with Crippen molar-refractivity contribution in [2.24, 2.45) is 0 Å². The second kappa shape index (κ2) is 8.23. The van der Waals surface area contributed by atoms with Crippen LogP contribution in [0.4, 0.5) is 13.2 Å². The number of hydrogen-bond donors (Lipinski definition) is 2. The quantitative estimate of drug-likeness (QED) is 0.755. The zero-order chi connectivity index (χ0) is 16.6. The zero-order valence-corrected chi connectivity index (χ0v) is 11.4. The molecule has 0 heterocycles. The highest BCUT2D eigenvalue weighted by atomic mass is 19.4. The van der Waals surface area contributed by atoms with Crippen LogP contribution in [-0.2, 0) is 20.9 Å². The molecule has 0 saturated carbocycles. The molecule has 0 saturated heterocycles. The fourth-order valence-electron chi connectivity index (χ4n) is 1.40. The maximum absolute atomic E-state index is 11.8. The molecule has 1 rings (SSSR count). The molecule has 0 radical (unpaired) electrons. The number of amides is 1. The number of benzene rings is 1. The lowest BCUT2D eigenvalue weighted by Crippen LogP contribution is -2.29. The van der Waals surface area contributed by atoms with Gasteiger partial charge in [-0.1, -0.05) is 12.1 Å². The number of carbonyl (C=O) groups excluding carboxylic acids is 1. The highest BCUT2D eigenvalue weighted by Gasteiger charge is 2.27. The minimum atomic E-state index is -4.48. The molecule has 0 unspecified atom stereocenters. The summed E-state index contributed by atoms with van der Waals surface area (Å²) in [6, 6.07) is 6.30. The summed E-state index contributed by atoms with van der Waals surface area (Å²) in [4.78, 5) is 21.7. The number of aliphatic carboxylic acids is 1. The molecule has 0 aliphatic rings. The van der Waals surface area contributed by atoms with Gasteiger partial charge < -0.3 is 19.9 Å². The van der Waals surface area contributed by atoms with Crippen LogP contribution in [0.15, 0.2) is 24.3 Å². The van der Waals surface area contributed by atoms with Crippen molar-refractivity contribution in [2.45, 2.75) is 12.7 Å². The van der Waals surface area contributed by atoms with Crippen molar-refractivity contribution < 1.29 is 37.3 Å². The minimum Gasteiger partial charge on any atom is -0.482 e. The third-order valence-electron chi connectivity index (χ3n) is 2.25. The molecule has 0 fully saturated rings. The first-order valence-electron chi connectivity index (χ1n) is 6.11. The Labute approximate surface area is 123 Å². The molecule has 0 atom stereocenters. The summed E-state index contributed by atoms with van der Waals surface area (Å²) in [6.07, 6.45) is -4.48. The van der Waals surface area contributed by atoms with E-state index in [1.165, 1.54) is 6.07 Å². The van der Waals surface area contributed by atoms with Crippen molar-refractivity contribution in [1.82, 2.24) is 5.32 Å². The predicted molar refractivity (Wildman–Crippen MR) is 68.3 cm³/mol. The Morgan fingerprint density at radius 2 is 1.95 bits per heavy atom. The van der Waals surface area contributed by atoms with Crippen LogP contribution < -0.4 is 10.1 Å². The Hall–Kier alpha value is -2.29. The van der Waals surface area contributed by atoms with E-state index in [9.17, 15) is 22.8 Å². The molecule has 0 aliphatic carbocycles. The largest absolute Gasteiger partial charge is 0.482 e. The van der Waals surface area contributed by atoms with Gasteiger partial charge in [0.1, 0.15) is 19.0 Å². The number of carboxylic acids is 1. The number of carbonyl (C=O) groups is 2. The van der Waals surface area contributed by atoms with Crippen molar-refractivity contribution in [3.63, 3.8) is 0 Å². The first kappa shape index (κ1) is 17.8. The van der Waals surface area contributed by atoms with Gasteiger partial charge in [0.05, 0.1) is 0 Å². The third kappa shape index (κ3) is 8.10. The lowest BCUT2D eigenvalue weighted by atomic mass is 10.2. The molecule has 1 aromatic carbocycles. The molecule has 122 valence electrons. The van der Waals surface area contributed by atoms with Gasteiger partial charge in [-0.25, -0.2) is 4.79 Å². The van der Waals surface area contributed by atoms with Crippen molar-refractivity contribution in [3.05, 3.63) is 29.8 Å². The second-order valence-electron chi connectivity index (χ2n) is 4.21. The number of ether oxygens (including phenoxy) is 2. The number of hydrogen-bond acceptors (Lipinski definition) is 4. The van der Waals surface area contributed by atoms with Crippen LogP contribution in [0.2, 0.25) is 0 Å². The number of carboxylic acid groups (broad SMARTS) is 1. The monoisotopic (exact) mass is 321 g/mol. The van der Waals surface area contributed by atoms with Gasteiger partial charge in [-0.2, -0.15) is 13.2 Å². The van der Waals surface area contributed by atoms with E-state index in [1.54, 1.807) is 18.2 Å². The first-order chi connectivity index (χ1) is 10.3. The molecule has 6 nitrogen and oxygen atoms in total. The highest BCUT2D eigenvalue weighted by Crippen LogP contribution is 2.14. The topological polar surface area (TPSA) is 84.9 Å². The Kier molecular flexibility index (Phi) is 6.64. The number of rotatable bonds is 8. The Bertz CT molecular complexity index is 519. The van der Waals surface area contributed by atoms with E-state index < -0.39 is 37.9 Å². The normalized spacial score (nSPS) is 11.0. The van der Waals surface area contributed by atoms with E-state index in [0.29, 0.717) is 11.3 Å². The molecular formula is C13H14F3NO5. The van der Waals surface area contributed by atoms with Gasteiger partial charge >= 0.3 is 12.1 Å². The van der Waals surface area contributed by atoms with Crippen LogP contribution in [-0.4, -0.2) is 43.0 Å². The van der Waals surface area contributed by atoms with E-state index in [4.69, 9.17) is 9.84 Å². The molecule has 9 heteroatoms. The average Bonchev–Trinajstić information content (AvgIpc) is 2.42. The maximum Gasteiger partial charge on any atom is 0.411 e.